The van der Waals surface area contributed by atoms with E-state index >= 15 is 0 Å². The number of anilines is 1. The van der Waals surface area contributed by atoms with Gasteiger partial charge in [-0.1, -0.05) is 42.5 Å². The number of benzene rings is 2. The Morgan fingerprint density at radius 2 is 1.91 bits per heavy atom. The summed E-state index contributed by atoms with van der Waals surface area (Å²) < 4.78 is 7.15. The summed E-state index contributed by atoms with van der Waals surface area (Å²) in [6.45, 7) is 2.08. The zero-order valence-electron chi connectivity index (χ0n) is 18.6. The molecule has 0 spiro atoms. The first-order valence-electron chi connectivity index (χ1n) is 11.3. The number of nitrogens with one attached hydrogen (secondary N) is 1. The average molecular weight is 442 g/mol. The Morgan fingerprint density at radius 1 is 1.09 bits per heavy atom. The highest BCUT2D eigenvalue weighted by Crippen LogP contribution is 2.28. The van der Waals surface area contributed by atoms with Crippen LogP contribution in [0.3, 0.4) is 0 Å². The van der Waals surface area contributed by atoms with Crippen LogP contribution in [0.2, 0.25) is 0 Å². The van der Waals surface area contributed by atoms with Gasteiger partial charge in [-0.2, -0.15) is 5.10 Å². The molecule has 0 atom stereocenters. The van der Waals surface area contributed by atoms with Gasteiger partial charge in [0.05, 0.1) is 12.8 Å². The minimum absolute atomic E-state index is 0.0105. The molecule has 0 bridgehead atoms. The van der Waals surface area contributed by atoms with E-state index in [1.54, 1.807) is 13.3 Å². The van der Waals surface area contributed by atoms with Crippen molar-refractivity contribution < 1.29 is 9.53 Å². The quantitative estimate of drug-likeness (QED) is 0.491. The van der Waals surface area contributed by atoms with E-state index in [-0.39, 0.29) is 11.8 Å². The second-order valence-corrected chi connectivity index (χ2v) is 8.31. The molecule has 3 heterocycles. The number of rotatable bonds is 6. The molecule has 1 saturated heterocycles. The standard InChI is InChI=1S/C26H27N5O2/c1-33-22-9-5-6-19(16-22)18-28-26(32)21-10-13-30(14-11-21)25-24-17-23(20-7-3-2-4-8-20)29-31(24)15-12-27-25/h2-9,12,15-17,21H,10-11,13-14,18H2,1H3,(H,28,32). The lowest BCUT2D eigenvalue weighted by Crippen LogP contribution is -2.40. The average Bonchev–Trinajstić information content (AvgIpc) is 3.33. The lowest BCUT2D eigenvalue weighted by Gasteiger charge is -2.32. The maximum Gasteiger partial charge on any atom is 0.223 e. The van der Waals surface area contributed by atoms with Crippen LogP contribution in [0.15, 0.2) is 73.1 Å². The first-order chi connectivity index (χ1) is 16.2. The Bertz CT molecular complexity index is 1250. The summed E-state index contributed by atoms with van der Waals surface area (Å²) in [7, 11) is 1.65. The van der Waals surface area contributed by atoms with E-state index in [1.165, 1.54) is 0 Å². The number of carbonyl (C=O) groups excluding carboxylic acids is 1. The van der Waals surface area contributed by atoms with Crippen LogP contribution in [-0.4, -0.2) is 40.7 Å². The highest BCUT2D eigenvalue weighted by atomic mass is 16.5. The lowest BCUT2D eigenvalue weighted by molar-refractivity contribution is -0.125. The van der Waals surface area contributed by atoms with Crippen LogP contribution < -0.4 is 15.0 Å². The zero-order valence-corrected chi connectivity index (χ0v) is 18.6. The minimum Gasteiger partial charge on any atom is -0.497 e. The lowest BCUT2D eigenvalue weighted by atomic mass is 9.95. The number of methoxy groups -OCH3 is 1. The summed E-state index contributed by atoms with van der Waals surface area (Å²) in [5.41, 5.74) is 4.03. The molecule has 33 heavy (non-hydrogen) atoms. The highest BCUT2D eigenvalue weighted by Gasteiger charge is 2.26. The Kier molecular flexibility index (Phi) is 5.93. The topological polar surface area (TPSA) is 71.8 Å². The molecule has 1 aliphatic rings. The Labute approximate surface area is 193 Å². The van der Waals surface area contributed by atoms with Crippen LogP contribution in [0, 0.1) is 5.92 Å². The number of piperidine rings is 1. The van der Waals surface area contributed by atoms with Gasteiger partial charge in [0.1, 0.15) is 11.3 Å². The number of hydrogen-bond donors (Lipinski definition) is 1. The van der Waals surface area contributed by atoms with Crippen molar-refractivity contribution in [3.8, 4) is 17.0 Å². The molecule has 5 rings (SSSR count). The molecule has 1 fully saturated rings. The van der Waals surface area contributed by atoms with Crippen molar-refractivity contribution in [2.24, 2.45) is 5.92 Å². The Hall–Kier alpha value is -3.87. The summed E-state index contributed by atoms with van der Waals surface area (Å²) in [5, 5.41) is 7.81. The molecular weight excluding hydrogens is 414 g/mol. The van der Waals surface area contributed by atoms with E-state index < -0.39 is 0 Å². The van der Waals surface area contributed by atoms with Gasteiger partial charge in [0.25, 0.3) is 0 Å². The second kappa shape index (κ2) is 9.32. The maximum atomic E-state index is 12.8. The molecule has 4 aromatic rings. The number of ether oxygens (including phenoxy) is 1. The predicted molar refractivity (Wildman–Crippen MR) is 128 cm³/mol. The molecular formula is C26H27N5O2. The van der Waals surface area contributed by atoms with Gasteiger partial charge < -0.3 is 15.0 Å². The first-order valence-corrected chi connectivity index (χ1v) is 11.3. The van der Waals surface area contributed by atoms with Crippen LogP contribution in [0.4, 0.5) is 5.82 Å². The van der Waals surface area contributed by atoms with E-state index in [4.69, 9.17) is 9.84 Å². The third kappa shape index (κ3) is 4.53. The fraction of sp³-hybridized carbons (Fsp3) is 0.269. The highest BCUT2D eigenvalue weighted by molar-refractivity contribution is 5.79. The number of amides is 1. The monoisotopic (exact) mass is 441 g/mol. The predicted octanol–water partition coefficient (Wildman–Crippen LogP) is 3.94. The van der Waals surface area contributed by atoms with E-state index in [2.05, 4.69) is 33.4 Å². The van der Waals surface area contributed by atoms with E-state index in [1.807, 2.05) is 53.2 Å². The molecule has 0 radical (unpaired) electrons. The van der Waals surface area contributed by atoms with Crippen LogP contribution >= 0.6 is 0 Å². The molecule has 1 aliphatic heterocycles. The minimum atomic E-state index is 0.0105. The SMILES string of the molecule is COc1cccc(CNC(=O)C2CCN(c3nccn4nc(-c5ccccc5)cc34)CC2)c1. The van der Waals surface area contributed by atoms with Gasteiger partial charge in [-0.05, 0) is 36.6 Å². The first kappa shape index (κ1) is 21.0. The Morgan fingerprint density at radius 3 is 2.70 bits per heavy atom. The summed E-state index contributed by atoms with van der Waals surface area (Å²) in [5.74, 6) is 1.84. The van der Waals surface area contributed by atoms with Crippen molar-refractivity contribution in [3.05, 3.63) is 78.6 Å². The number of fused-ring (bicyclic) bond motifs is 1. The Balaban J connectivity index is 1.23. The molecule has 2 aromatic heterocycles. The molecule has 0 saturated carbocycles. The van der Waals surface area contributed by atoms with Crippen molar-refractivity contribution in [1.82, 2.24) is 19.9 Å². The van der Waals surface area contributed by atoms with Crippen molar-refractivity contribution in [2.45, 2.75) is 19.4 Å². The third-order valence-corrected chi connectivity index (χ3v) is 6.21. The van der Waals surface area contributed by atoms with Gasteiger partial charge in [0, 0.05) is 43.5 Å². The number of aromatic nitrogens is 3. The molecule has 1 N–H and O–H groups in total. The zero-order chi connectivity index (χ0) is 22.6. The number of carbonyl (C=O) groups is 1. The summed E-state index contributed by atoms with van der Waals surface area (Å²) >= 11 is 0. The molecule has 7 heteroatoms. The van der Waals surface area contributed by atoms with Crippen LogP contribution in [0.5, 0.6) is 5.75 Å². The maximum absolute atomic E-state index is 12.8. The van der Waals surface area contributed by atoms with Crippen molar-refractivity contribution in [2.75, 3.05) is 25.1 Å². The third-order valence-electron chi connectivity index (χ3n) is 6.21. The molecule has 168 valence electrons. The molecule has 7 nitrogen and oxygen atoms in total. The van der Waals surface area contributed by atoms with Gasteiger partial charge in [-0.25, -0.2) is 9.50 Å². The van der Waals surface area contributed by atoms with Crippen molar-refractivity contribution >= 4 is 17.2 Å². The van der Waals surface area contributed by atoms with Gasteiger partial charge in [-0.3, -0.25) is 4.79 Å². The summed E-state index contributed by atoms with van der Waals surface area (Å²) in [6, 6.07) is 20.0. The van der Waals surface area contributed by atoms with Crippen molar-refractivity contribution in [1.29, 1.82) is 0 Å². The van der Waals surface area contributed by atoms with Gasteiger partial charge in [-0.15, -0.1) is 0 Å². The van der Waals surface area contributed by atoms with E-state index in [9.17, 15) is 4.79 Å². The van der Waals surface area contributed by atoms with Gasteiger partial charge in [0.2, 0.25) is 5.91 Å². The second-order valence-electron chi connectivity index (χ2n) is 8.31. The summed E-state index contributed by atoms with van der Waals surface area (Å²) in [4.78, 5) is 19.7. The van der Waals surface area contributed by atoms with Gasteiger partial charge in [0.15, 0.2) is 5.82 Å². The van der Waals surface area contributed by atoms with E-state index in [0.717, 1.165) is 59.8 Å². The van der Waals surface area contributed by atoms with Crippen LogP contribution in [0.25, 0.3) is 16.8 Å². The molecule has 1 amide bonds. The largest absolute Gasteiger partial charge is 0.497 e. The summed E-state index contributed by atoms with van der Waals surface area (Å²) in [6.07, 6.45) is 5.26. The fourth-order valence-corrected chi connectivity index (χ4v) is 4.37. The smallest absolute Gasteiger partial charge is 0.223 e. The van der Waals surface area contributed by atoms with Crippen LogP contribution in [-0.2, 0) is 11.3 Å². The normalized spacial score (nSPS) is 14.4. The fourth-order valence-electron chi connectivity index (χ4n) is 4.37. The van der Waals surface area contributed by atoms with E-state index in [0.29, 0.717) is 6.54 Å². The molecule has 0 unspecified atom stereocenters. The molecule has 0 aliphatic carbocycles. The van der Waals surface area contributed by atoms with Gasteiger partial charge >= 0.3 is 0 Å². The van der Waals surface area contributed by atoms with Crippen molar-refractivity contribution in [3.63, 3.8) is 0 Å². The van der Waals surface area contributed by atoms with Crippen LogP contribution in [0.1, 0.15) is 18.4 Å². The number of hydrogen-bond acceptors (Lipinski definition) is 5. The molecule has 2 aromatic carbocycles. The number of nitrogens with zero attached hydrogens (tertiary/aromatic N) is 4.